The predicted molar refractivity (Wildman–Crippen MR) is 76.1 cm³/mol. The van der Waals surface area contributed by atoms with Gasteiger partial charge < -0.3 is 10.1 Å². The van der Waals surface area contributed by atoms with Crippen LogP contribution >= 0.6 is 0 Å². The number of benzene rings is 1. The average Bonchev–Trinajstić information content (AvgIpc) is 2.93. The lowest BCUT2D eigenvalue weighted by Gasteiger charge is -2.25. The van der Waals surface area contributed by atoms with Crippen molar-refractivity contribution in [3.8, 4) is 5.75 Å². The molecule has 1 aromatic carbocycles. The minimum Gasteiger partial charge on any atom is -0.435 e. The van der Waals surface area contributed by atoms with Crippen LogP contribution in [0.4, 0.5) is 8.78 Å². The Hall–Kier alpha value is -1.16. The summed E-state index contributed by atoms with van der Waals surface area (Å²) >= 11 is 0. The van der Waals surface area contributed by atoms with Crippen molar-refractivity contribution < 1.29 is 13.5 Å². The highest BCUT2D eigenvalue weighted by molar-refractivity contribution is 5.31. The third-order valence-corrected chi connectivity index (χ3v) is 3.93. The van der Waals surface area contributed by atoms with Crippen molar-refractivity contribution in [2.45, 2.75) is 51.7 Å². The normalized spacial score (nSPS) is 17.6. The quantitative estimate of drug-likeness (QED) is 0.794. The lowest BCUT2D eigenvalue weighted by atomic mass is 9.91. The third-order valence-electron chi connectivity index (χ3n) is 3.93. The van der Waals surface area contributed by atoms with Crippen LogP contribution < -0.4 is 10.1 Å². The molecule has 4 heteroatoms. The molecule has 0 bridgehead atoms. The summed E-state index contributed by atoms with van der Waals surface area (Å²) in [5.41, 5.74) is 1.06. The largest absolute Gasteiger partial charge is 0.435 e. The van der Waals surface area contributed by atoms with Crippen LogP contribution in [0, 0.1) is 5.92 Å². The summed E-state index contributed by atoms with van der Waals surface area (Å²) in [5.74, 6) is 0.849. The molecule has 20 heavy (non-hydrogen) atoms. The predicted octanol–water partition coefficient (Wildman–Crippen LogP) is 4.52. The summed E-state index contributed by atoms with van der Waals surface area (Å²) in [6.07, 6.45) is 6.02. The first-order valence-electron chi connectivity index (χ1n) is 7.49. The van der Waals surface area contributed by atoms with Crippen LogP contribution in [0.1, 0.15) is 50.6 Å². The fourth-order valence-electron chi connectivity index (χ4n) is 3.03. The van der Waals surface area contributed by atoms with E-state index in [2.05, 4.69) is 17.0 Å². The number of halogens is 2. The number of ether oxygens (including phenoxy) is 1. The second kappa shape index (κ2) is 7.58. The van der Waals surface area contributed by atoms with Crippen molar-refractivity contribution in [2.75, 3.05) is 6.54 Å². The molecule has 0 aliphatic heterocycles. The molecule has 0 saturated heterocycles. The Kier molecular flexibility index (Phi) is 5.77. The van der Waals surface area contributed by atoms with E-state index >= 15 is 0 Å². The Bertz CT molecular complexity index is 405. The maximum Gasteiger partial charge on any atom is 0.387 e. The smallest absolute Gasteiger partial charge is 0.387 e. The second-order valence-corrected chi connectivity index (χ2v) is 5.43. The van der Waals surface area contributed by atoms with Gasteiger partial charge in [0, 0.05) is 6.04 Å². The molecule has 0 amide bonds. The minimum atomic E-state index is -2.77. The molecule has 112 valence electrons. The van der Waals surface area contributed by atoms with E-state index in [1.165, 1.54) is 25.7 Å². The van der Waals surface area contributed by atoms with Crippen LogP contribution in [-0.4, -0.2) is 13.2 Å². The van der Waals surface area contributed by atoms with Gasteiger partial charge in [0.2, 0.25) is 0 Å². The van der Waals surface area contributed by atoms with Crippen molar-refractivity contribution in [2.24, 2.45) is 5.92 Å². The van der Waals surface area contributed by atoms with Crippen molar-refractivity contribution >= 4 is 0 Å². The molecule has 1 atom stereocenters. The highest BCUT2D eigenvalue weighted by Gasteiger charge is 2.26. The second-order valence-electron chi connectivity index (χ2n) is 5.43. The van der Waals surface area contributed by atoms with E-state index in [4.69, 9.17) is 0 Å². The van der Waals surface area contributed by atoms with Crippen LogP contribution in [0.5, 0.6) is 5.75 Å². The molecule has 1 aliphatic rings. The van der Waals surface area contributed by atoms with Crippen LogP contribution in [0.2, 0.25) is 0 Å². The summed E-state index contributed by atoms with van der Waals surface area (Å²) in [7, 11) is 0. The van der Waals surface area contributed by atoms with Gasteiger partial charge in [-0.05, 0) is 49.4 Å². The minimum absolute atomic E-state index is 0.249. The maximum atomic E-state index is 12.3. The molecule has 1 unspecified atom stereocenters. The number of alkyl halides is 2. The summed E-state index contributed by atoms with van der Waals surface area (Å²) in [4.78, 5) is 0. The molecule has 0 aromatic heterocycles. The molecular formula is C16H23F2NO. The van der Waals surface area contributed by atoms with Crippen LogP contribution in [0.25, 0.3) is 0 Å². The molecule has 1 N–H and O–H groups in total. The van der Waals surface area contributed by atoms with Crippen LogP contribution in [0.3, 0.4) is 0 Å². The van der Waals surface area contributed by atoms with E-state index in [1.54, 1.807) is 18.2 Å². The number of hydrogen-bond donors (Lipinski definition) is 1. The van der Waals surface area contributed by atoms with E-state index in [-0.39, 0.29) is 11.8 Å². The fraction of sp³-hybridized carbons (Fsp3) is 0.625. The molecule has 1 fully saturated rings. The Morgan fingerprint density at radius 2 is 2.05 bits per heavy atom. The molecule has 0 spiro atoms. The van der Waals surface area contributed by atoms with Crippen LogP contribution in [0.15, 0.2) is 24.3 Å². The summed E-state index contributed by atoms with van der Waals surface area (Å²) in [5, 5.41) is 3.57. The van der Waals surface area contributed by atoms with E-state index in [0.717, 1.165) is 18.5 Å². The Morgan fingerprint density at radius 3 is 2.70 bits per heavy atom. The van der Waals surface area contributed by atoms with E-state index < -0.39 is 6.61 Å². The lowest BCUT2D eigenvalue weighted by Crippen LogP contribution is -2.27. The molecule has 2 rings (SSSR count). The molecule has 1 saturated carbocycles. The Morgan fingerprint density at radius 1 is 1.30 bits per heavy atom. The highest BCUT2D eigenvalue weighted by Crippen LogP contribution is 2.36. The topological polar surface area (TPSA) is 21.3 Å². The van der Waals surface area contributed by atoms with Gasteiger partial charge in [0.15, 0.2) is 0 Å². The van der Waals surface area contributed by atoms with Gasteiger partial charge in [-0.25, -0.2) is 0 Å². The van der Waals surface area contributed by atoms with Gasteiger partial charge in [-0.2, -0.15) is 8.78 Å². The van der Waals surface area contributed by atoms with E-state index in [0.29, 0.717) is 5.92 Å². The molecule has 0 radical (unpaired) electrons. The summed E-state index contributed by atoms with van der Waals surface area (Å²) in [6.45, 7) is 0.314. The lowest BCUT2D eigenvalue weighted by molar-refractivity contribution is -0.0499. The molecule has 1 aromatic rings. The number of nitrogens with one attached hydrogen (secondary N) is 1. The van der Waals surface area contributed by atoms with Crippen molar-refractivity contribution in [3.63, 3.8) is 0 Å². The maximum absolute atomic E-state index is 12.3. The summed E-state index contributed by atoms with van der Waals surface area (Å²) in [6, 6.07) is 7.38. The van der Waals surface area contributed by atoms with Crippen molar-refractivity contribution in [3.05, 3.63) is 29.8 Å². The van der Waals surface area contributed by atoms with Gasteiger partial charge in [-0.3, -0.25) is 0 Å². The Labute approximate surface area is 119 Å². The SMILES string of the molecule is CCCNC(c1cccc(OC(F)F)c1)C1CCCC1. The molecule has 0 heterocycles. The third kappa shape index (κ3) is 4.17. The van der Waals surface area contributed by atoms with Gasteiger partial charge >= 0.3 is 6.61 Å². The first-order valence-corrected chi connectivity index (χ1v) is 7.49. The van der Waals surface area contributed by atoms with Gasteiger partial charge in [-0.15, -0.1) is 0 Å². The zero-order valence-electron chi connectivity index (χ0n) is 11.9. The van der Waals surface area contributed by atoms with Gasteiger partial charge in [-0.1, -0.05) is 31.9 Å². The van der Waals surface area contributed by atoms with Gasteiger partial charge in [0.05, 0.1) is 0 Å². The van der Waals surface area contributed by atoms with Gasteiger partial charge in [0.25, 0.3) is 0 Å². The monoisotopic (exact) mass is 283 g/mol. The van der Waals surface area contributed by atoms with Gasteiger partial charge in [0.1, 0.15) is 5.75 Å². The number of hydrogen-bond acceptors (Lipinski definition) is 2. The molecule has 2 nitrogen and oxygen atoms in total. The van der Waals surface area contributed by atoms with Crippen molar-refractivity contribution in [1.82, 2.24) is 5.32 Å². The zero-order chi connectivity index (χ0) is 14.4. The zero-order valence-corrected chi connectivity index (χ0v) is 11.9. The van der Waals surface area contributed by atoms with Crippen molar-refractivity contribution in [1.29, 1.82) is 0 Å². The number of rotatable bonds is 7. The van der Waals surface area contributed by atoms with Crippen LogP contribution in [-0.2, 0) is 0 Å². The molecular weight excluding hydrogens is 260 g/mol. The highest BCUT2D eigenvalue weighted by atomic mass is 19.3. The standard InChI is InChI=1S/C16H23F2NO/c1-2-10-19-15(12-6-3-4-7-12)13-8-5-9-14(11-13)20-16(17)18/h5,8-9,11-12,15-16,19H,2-4,6-7,10H2,1H3. The first-order chi connectivity index (χ1) is 9.70. The Balaban J connectivity index is 2.14. The van der Waals surface area contributed by atoms with E-state index in [9.17, 15) is 8.78 Å². The fourth-order valence-corrected chi connectivity index (χ4v) is 3.03. The molecule has 1 aliphatic carbocycles. The first kappa shape index (κ1) is 15.2. The average molecular weight is 283 g/mol. The van der Waals surface area contributed by atoms with E-state index in [1.807, 2.05) is 6.07 Å². The summed E-state index contributed by atoms with van der Waals surface area (Å²) < 4.78 is 29.1.